The quantitative estimate of drug-likeness (QED) is 0.384. The average Bonchev–Trinajstić information content (AvgIpc) is 3.57. The molecule has 0 unspecified atom stereocenters. The number of hydrogen-bond donors (Lipinski definition) is 2. The van der Waals surface area contributed by atoms with Gasteiger partial charge in [0.15, 0.2) is 0 Å². The van der Waals surface area contributed by atoms with E-state index in [1.807, 2.05) is 6.07 Å². The number of H-pyrrole nitrogens is 1. The normalized spacial score (nSPS) is 23.8. The lowest BCUT2D eigenvalue weighted by atomic mass is 9.87. The molecule has 10 nitrogen and oxygen atoms in total. The van der Waals surface area contributed by atoms with E-state index in [0.29, 0.717) is 29.7 Å². The number of likely N-dealkylation sites (tertiary alicyclic amines) is 2. The Bertz CT molecular complexity index is 1540. The van der Waals surface area contributed by atoms with E-state index in [1.54, 1.807) is 17.3 Å². The van der Waals surface area contributed by atoms with E-state index in [0.717, 1.165) is 54.1 Å². The third kappa shape index (κ3) is 4.78. The summed E-state index contributed by atoms with van der Waals surface area (Å²) in [6.07, 6.45) is 10.9. The lowest BCUT2D eigenvalue weighted by Crippen LogP contribution is -2.47. The second kappa shape index (κ2) is 9.75. The molecule has 3 atom stereocenters. The molecule has 4 aromatic rings. The van der Waals surface area contributed by atoms with Crippen molar-refractivity contribution in [2.24, 2.45) is 5.92 Å². The number of piperidine rings is 2. The smallest absolute Gasteiger partial charge is 0.314 e. The van der Waals surface area contributed by atoms with Gasteiger partial charge in [0.25, 0.3) is 0 Å². The van der Waals surface area contributed by atoms with Gasteiger partial charge in [-0.25, -0.2) is 0 Å². The van der Waals surface area contributed by atoms with E-state index >= 15 is 0 Å². The number of anilines is 1. The predicted octanol–water partition coefficient (Wildman–Crippen LogP) is 4.29. The molecule has 0 aliphatic carbocycles. The fraction of sp³-hybridized carbons (Fsp3) is 0.483. The Morgan fingerprint density at radius 2 is 1.95 bits per heavy atom. The predicted molar refractivity (Wildman–Crippen MR) is 150 cm³/mol. The van der Waals surface area contributed by atoms with Crippen LogP contribution in [-0.2, 0) is 9.59 Å². The molecule has 0 saturated carbocycles. The monoisotopic (exact) mass is 528 g/mol. The number of hydrogen-bond acceptors (Lipinski definition) is 6. The van der Waals surface area contributed by atoms with Crippen LogP contribution in [0.15, 0.2) is 43.0 Å². The van der Waals surface area contributed by atoms with E-state index in [4.69, 9.17) is 5.10 Å². The van der Waals surface area contributed by atoms with Crippen molar-refractivity contribution in [3.05, 3.63) is 48.5 Å². The van der Waals surface area contributed by atoms with Gasteiger partial charge >= 0.3 is 11.8 Å². The van der Waals surface area contributed by atoms with Crippen LogP contribution in [0.4, 0.5) is 5.69 Å². The Kier molecular flexibility index (Phi) is 6.37. The van der Waals surface area contributed by atoms with Crippen molar-refractivity contribution in [2.45, 2.75) is 64.1 Å². The van der Waals surface area contributed by atoms with Crippen molar-refractivity contribution < 1.29 is 9.59 Å². The zero-order chi connectivity index (χ0) is 27.3. The summed E-state index contributed by atoms with van der Waals surface area (Å²) < 4.78 is 2.13. The molecule has 39 heavy (non-hydrogen) atoms. The molecular formula is C29H36N8O2. The van der Waals surface area contributed by atoms with Crippen molar-refractivity contribution >= 4 is 39.3 Å². The Morgan fingerprint density at radius 1 is 1.10 bits per heavy atom. The summed E-state index contributed by atoms with van der Waals surface area (Å²) in [5.41, 5.74) is 3.21. The second-order valence-electron chi connectivity index (χ2n) is 11.9. The lowest BCUT2D eigenvalue weighted by Gasteiger charge is -2.43. The Hall–Kier alpha value is -3.79. The van der Waals surface area contributed by atoms with Crippen LogP contribution in [0.25, 0.3) is 21.8 Å². The van der Waals surface area contributed by atoms with Gasteiger partial charge < -0.3 is 15.1 Å². The van der Waals surface area contributed by atoms with Crippen LogP contribution in [0.5, 0.6) is 0 Å². The first-order valence-corrected chi connectivity index (χ1v) is 13.8. The minimum absolute atomic E-state index is 0.130. The molecule has 10 heteroatoms. The highest BCUT2D eigenvalue weighted by Crippen LogP contribution is 2.37. The summed E-state index contributed by atoms with van der Waals surface area (Å²) in [5, 5.41) is 16.4. The summed E-state index contributed by atoms with van der Waals surface area (Å²) >= 11 is 0. The number of nitrogens with one attached hydrogen (secondary N) is 2. The minimum atomic E-state index is -0.670. The van der Waals surface area contributed by atoms with Gasteiger partial charge in [0.05, 0.1) is 41.2 Å². The fourth-order valence-electron chi connectivity index (χ4n) is 6.15. The first-order valence-electron chi connectivity index (χ1n) is 13.8. The van der Waals surface area contributed by atoms with Gasteiger partial charge in [-0.1, -0.05) is 13.0 Å². The zero-order valence-corrected chi connectivity index (χ0v) is 23.0. The van der Waals surface area contributed by atoms with Crippen molar-refractivity contribution in [1.29, 1.82) is 0 Å². The van der Waals surface area contributed by atoms with E-state index in [2.05, 4.69) is 76.2 Å². The van der Waals surface area contributed by atoms with Crippen LogP contribution in [0.3, 0.4) is 0 Å². The number of amides is 2. The van der Waals surface area contributed by atoms with Gasteiger partial charge in [0, 0.05) is 41.8 Å². The SMILES string of the molecule is C[C@H]1CC[C@H](c2ccc3nn([C@@H]4CCN(C)C(C)(C)C4)cc3c2)N(C(=O)C(=O)Nc2cncc3cn[nH]c23)C1. The number of fused-ring (bicyclic) bond motifs is 2. The summed E-state index contributed by atoms with van der Waals surface area (Å²) in [6, 6.07) is 6.44. The summed E-state index contributed by atoms with van der Waals surface area (Å²) in [4.78, 5) is 35.0. The molecule has 3 aromatic heterocycles. The summed E-state index contributed by atoms with van der Waals surface area (Å²) in [7, 11) is 2.19. The molecular weight excluding hydrogens is 492 g/mol. The van der Waals surface area contributed by atoms with Gasteiger partial charge in [-0.15, -0.1) is 0 Å². The van der Waals surface area contributed by atoms with Crippen LogP contribution < -0.4 is 5.32 Å². The van der Waals surface area contributed by atoms with Crippen LogP contribution in [0.1, 0.15) is 64.1 Å². The van der Waals surface area contributed by atoms with Gasteiger partial charge in [0.1, 0.15) is 0 Å². The number of carbonyl (C=O) groups is 2. The standard InChI is InChI=1S/C29H36N8O2/c1-18-5-8-25(36(16-18)28(39)27(38)32-24-15-30-13-21-14-31-33-26(21)24)19-6-7-23-20(11-19)17-37(34-23)22-9-10-35(4)29(2,3)12-22/h6-7,11,13-15,17-18,22,25H,5,8-10,12,16H2,1-4H3,(H,31,33)(H,32,38)/t18-,22+,25+/m0/s1. The lowest BCUT2D eigenvalue weighted by molar-refractivity contribution is -0.146. The number of benzene rings is 1. The molecule has 2 amide bonds. The Labute approximate surface area is 227 Å². The number of nitrogens with zero attached hydrogens (tertiary/aromatic N) is 6. The molecule has 2 fully saturated rings. The highest BCUT2D eigenvalue weighted by atomic mass is 16.2. The van der Waals surface area contributed by atoms with Crippen molar-refractivity contribution in [2.75, 3.05) is 25.5 Å². The zero-order valence-electron chi connectivity index (χ0n) is 23.0. The maximum absolute atomic E-state index is 13.5. The van der Waals surface area contributed by atoms with Crippen LogP contribution in [0.2, 0.25) is 0 Å². The van der Waals surface area contributed by atoms with Gasteiger partial charge in [-0.2, -0.15) is 10.2 Å². The van der Waals surface area contributed by atoms with E-state index in [9.17, 15) is 9.59 Å². The molecule has 0 radical (unpaired) electrons. The highest BCUT2D eigenvalue weighted by molar-refractivity contribution is 6.40. The second-order valence-corrected chi connectivity index (χ2v) is 11.9. The topological polar surface area (TPSA) is 112 Å². The first-order chi connectivity index (χ1) is 18.7. The van der Waals surface area contributed by atoms with Crippen molar-refractivity contribution in [3.63, 3.8) is 0 Å². The molecule has 6 rings (SSSR count). The molecule has 5 heterocycles. The third-order valence-electron chi connectivity index (χ3n) is 8.75. The third-order valence-corrected chi connectivity index (χ3v) is 8.75. The molecule has 0 bridgehead atoms. The van der Waals surface area contributed by atoms with E-state index in [-0.39, 0.29) is 11.6 Å². The minimum Gasteiger partial charge on any atom is -0.327 e. The molecule has 204 valence electrons. The Morgan fingerprint density at radius 3 is 2.77 bits per heavy atom. The van der Waals surface area contributed by atoms with Gasteiger partial charge in [0.2, 0.25) is 0 Å². The maximum atomic E-state index is 13.5. The van der Waals surface area contributed by atoms with Crippen molar-refractivity contribution in [3.8, 4) is 0 Å². The molecule has 1 aromatic carbocycles. The Balaban J connectivity index is 1.24. The van der Waals surface area contributed by atoms with Gasteiger partial charge in [-0.05, 0) is 70.2 Å². The fourth-order valence-corrected chi connectivity index (χ4v) is 6.15. The average molecular weight is 529 g/mol. The largest absolute Gasteiger partial charge is 0.327 e. The van der Waals surface area contributed by atoms with Crippen molar-refractivity contribution in [1.82, 2.24) is 34.8 Å². The van der Waals surface area contributed by atoms with E-state index in [1.165, 1.54) is 6.20 Å². The molecule has 2 saturated heterocycles. The number of aromatic nitrogens is 5. The van der Waals surface area contributed by atoms with Gasteiger partial charge in [-0.3, -0.25) is 24.4 Å². The van der Waals surface area contributed by atoms with Crippen LogP contribution in [0, 0.1) is 5.92 Å². The van der Waals surface area contributed by atoms with Crippen LogP contribution >= 0.6 is 0 Å². The first kappa shape index (κ1) is 25.5. The van der Waals surface area contributed by atoms with Crippen LogP contribution in [-0.4, -0.2) is 72.3 Å². The number of pyridine rings is 1. The molecule has 2 aliphatic rings. The summed E-state index contributed by atoms with van der Waals surface area (Å²) in [5.74, 6) is -0.890. The number of aromatic amines is 1. The maximum Gasteiger partial charge on any atom is 0.314 e. The number of carbonyl (C=O) groups excluding carboxylic acids is 2. The molecule has 2 N–H and O–H groups in total. The highest BCUT2D eigenvalue weighted by Gasteiger charge is 2.36. The molecule has 0 spiro atoms. The number of rotatable bonds is 3. The molecule has 2 aliphatic heterocycles. The summed E-state index contributed by atoms with van der Waals surface area (Å²) in [6.45, 7) is 8.28. The van der Waals surface area contributed by atoms with E-state index < -0.39 is 11.8 Å².